The normalized spacial score (nSPS) is 9.73. The highest BCUT2D eigenvalue weighted by atomic mass is 16.5. The molecule has 0 aliphatic carbocycles. The molecule has 5 heteroatoms. The van der Waals surface area contributed by atoms with E-state index in [9.17, 15) is 9.59 Å². The number of furan rings is 1. The third-order valence-corrected chi connectivity index (χ3v) is 1.95. The van der Waals surface area contributed by atoms with Gasteiger partial charge >= 0.3 is 5.97 Å². The van der Waals surface area contributed by atoms with Crippen LogP contribution in [0.3, 0.4) is 0 Å². The Morgan fingerprint density at radius 3 is 2.73 bits per heavy atom. The summed E-state index contributed by atoms with van der Waals surface area (Å²) in [6, 6.07) is 3.18. The summed E-state index contributed by atoms with van der Waals surface area (Å²) in [6.45, 7) is 2.14. The molecule has 0 N–H and O–H groups in total. The molecule has 15 heavy (non-hydrogen) atoms. The smallest absolute Gasteiger partial charge is 0.325 e. The molecule has 1 heterocycles. The Hall–Kier alpha value is -1.78. The van der Waals surface area contributed by atoms with Gasteiger partial charge in [-0.3, -0.25) is 9.59 Å². The Morgan fingerprint density at radius 1 is 1.53 bits per heavy atom. The number of carbonyl (C=O) groups excluding carboxylic acids is 2. The molecular formula is C10H13NO4. The zero-order chi connectivity index (χ0) is 11.3. The molecule has 1 aromatic rings. The van der Waals surface area contributed by atoms with Gasteiger partial charge in [-0.15, -0.1) is 0 Å². The van der Waals surface area contributed by atoms with Gasteiger partial charge in [-0.05, 0) is 19.1 Å². The van der Waals surface area contributed by atoms with E-state index in [0.29, 0.717) is 6.54 Å². The van der Waals surface area contributed by atoms with Crippen LogP contribution >= 0.6 is 0 Å². The number of esters is 1. The molecule has 0 saturated carbocycles. The molecule has 0 aliphatic rings. The molecule has 0 unspecified atom stereocenters. The van der Waals surface area contributed by atoms with Gasteiger partial charge in [0.1, 0.15) is 6.54 Å². The molecule has 0 bridgehead atoms. The number of methoxy groups -OCH3 is 1. The van der Waals surface area contributed by atoms with Gasteiger partial charge in [-0.1, -0.05) is 0 Å². The molecule has 0 spiro atoms. The highest BCUT2D eigenvalue weighted by molar-refractivity contribution is 5.93. The SMILES string of the molecule is CCN(CC(=O)OC)C(=O)c1ccco1. The van der Waals surface area contributed by atoms with Gasteiger partial charge in [0.25, 0.3) is 5.91 Å². The minimum Gasteiger partial charge on any atom is -0.468 e. The van der Waals surface area contributed by atoms with Crippen molar-refractivity contribution in [3.05, 3.63) is 24.2 Å². The first-order valence-corrected chi connectivity index (χ1v) is 4.58. The molecule has 0 aliphatic heterocycles. The van der Waals surface area contributed by atoms with Crippen molar-refractivity contribution in [3.63, 3.8) is 0 Å². The number of rotatable bonds is 4. The Kier molecular flexibility index (Phi) is 3.91. The minimum atomic E-state index is -0.447. The standard InChI is InChI=1S/C10H13NO4/c1-3-11(7-9(12)14-2)10(13)8-5-4-6-15-8/h4-6H,3,7H2,1-2H3. The first kappa shape index (κ1) is 11.3. The third-order valence-electron chi connectivity index (χ3n) is 1.95. The molecule has 82 valence electrons. The Bertz CT molecular complexity index is 331. The minimum absolute atomic E-state index is 0.0630. The van der Waals surface area contributed by atoms with Crippen molar-refractivity contribution in [3.8, 4) is 0 Å². The average molecular weight is 211 g/mol. The van der Waals surface area contributed by atoms with Crippen molar-refractivity contribution < 1.29 is 18.7 Å². The summed E-state index contributed by atoms with van der Waals surface area (Å²) >= 11 is 0. The van der Waals surface area contributed by atoms with Crippen LogP contribution in [0.5, 0.6) is 0 Å². The summed E-state index contributed by atoms with van der Waals surface area (Å²) in [6.07, 6.45) is 1.42. The lowest BCUT2D eigenvalue weighted by Crippen LogP contribution is -2.35. The predicted octanol–water partition coefficient (Wildman–Crippen LogP) is 0.915. The van der Waals surface area contributed by atoms with Gasteiger partial charge in [0.15, 0.2) is 5.76 Å². The molecule has 0 radical (unpaired) electrons. The van der Waals surface area contributed by atoms with Crippen LogP contribution in [-0.2, 0) is 9.53 Å². The lowest BCUT2D eigenvalue weighted by molar-refractivity contribution is -0.141. The van der Waals surface area contributed by atoms with E-state index in [-0.39, 0.29) is 18.2 Å². The van der Waals surface area contributed by atoms with Crippen LogP contribution in [0.25, 0.3) is 0 Å². The van der Waals surface area contributed by atoms with E-state index in [1.54, 1.807) is 19.1 Å². The fourth-order valence-electron chi connectivity index (χ4n) is 1.10. The fraction of sp³-hybridized carbons (Fsp3) is 0.400. The van der Waals surface area contributed by atoms with Crippen LogP contribution in [0, 0.1) is 0 Å². The van der Waals surface area contributed by atoms with E-state index in [4.69, 9.17) is 4.42 Å². The summed E-state index contributed by atoms with van der Waals surface area (Å²) < 4.78 is 9.44. The Labute approximate surface area is 87.6 Å². The Balaban J connectivity index is 2.67. The second-order valence-corrected chi connectivity index (χ2v) is 2.87. The predicted molar refractivity (Wildman–Crippen MR) is 52.3 cm³/mol. The van der Waals surface area contributed by atoms with E-state index in [1.165, 1.54) is 18.3 Å². The van der Waals surface area contributed by atoms with Crippen molar-refractivity contribution in [1.82, 2.24) is 4.90 Å². The summed E-state index contributed by atoms with van der Waals surface area (Å²) in [5.74, 6) is -0.537. The van der Waals surface area contributed by atoms with Crippen LogP contribution in [0.4, 0.5) is 0 Å². The molecule has 0 aromatic carbocycles. The molecule has 0 atom stereocenters. The number of hydrogen-bond acceptors (Lipinski definition) is 4. The number of ether oxygens (including phenoxy) is 1. The maximum absolute atomic E-state index is 11.7. The maximum Gasteiger partial charge on any atom is 0.325 e. The van der Waals surface area contributed by atoms with Gasteiger partial charge in [-0.2, -0.15) is 0 Å². The fourth-order valence-corrected chi connectivity index (χ4v) is 1.10. The second kappa shape index (κ2) is 5.19. The highest BCUT2D eigenvalue weighted by Gasteiger charge is 2.19. The molecule has 0 saturated heterocycles. The van der Waals surface area contributed by atoms with E-state index in [2.05, 4.69) is 4.74 Å². The summed E-state index contributed by atoms with van der Waals surface area (Å²) in [4.78, 5) is 24.1. The zero-order valence-electron chi connectivity index (χ0n) is 8.73. The van der Waals surface area contributed by atoms with Crippen LogP contribution in [0.2, 0.25) is 0 Å². The molecule has 1 aromatic heterocycles. The van der Waals surface area contributed by atoms with Gasteiger partial charge < -0.3 is 14.1 Å². The van der Waals surface area contributed by atoms with Gasteiger partial charge in [0.05, 0.1) is 13.4 Å². The van der Waals surface area contributed by atoms with Crippen LogP contribution in [-0.4, -0.2) is 37.0 Å². The Morgan fingerprint density at radius 2 is 2.27 bits per heavy atom. The highest BCUT2D eigenvalue weighted by Crippen LogP contribution is 2.05. The molecule has 0 fully saturated rings. The number of hydrogen-bond donors (Lipinski definition) is 0. The van der Waals surface area contributed by atoms with Crippen LogP contribution in [0.1, 0.15) is 17.5 Å². The maximum atomic E-state index is 11.7. The topological polar surface area (TPSA) is 59.8 Å². The van der Waals surface area contributed by atoms with Crippen molar-refractivity contribution in [2.24, 2.45) is 0 Å². The average Bonchev–Trinajstić information content (AvgIpc) is 2.77. The quantitative estimate of drug-likeness (QED) is 0.695. The van der Waals surface area contributed by atoms with Crippen molar-refractivity contribution in [1.29, 1.82) is 0 Å². The zero-order valence-corrected chi connectivity index (χ0v) is 8.73. The summed E-state index contributed by atoms with van der Waals surface area (Å²) in [5.41, 5.74) is 0. The summed E-state index contributed by atoms with van der Waals surface area (Å²) in [7, 11) is 1.29. The molecule has 1 rings (SSSR count). The van der Waals surface area contributed by atoms with Gasteiger partial charge in [-0.25, -0.2) is 0 Å². The molecular weight excluding hydrogens is 198 g/mol. The van der Waals surface area contributed by atoms with Gasteiger partial charge in [0.2, 0.25) is 0 Å². The first-order chi connectivity index (χ1) is 7.19. The molecule has 5 nitrogen and oxygen atoms in total. The lowest BCUT2D eigenvalue weighted by Gasteiger charge is -2.17. The van der Waals surface area contributed by atoms with Crippen LogP contribution < -0.4 is 0 Å². The van der Waals surface area contributed by atoms with E-state index < -0.39 is 5.97 Å². The largest absolute Gasteiger partial charge is 0.468 e. The van der Waals surface area contributed by atoms with Crippen molar-refractivity contribution in [2.75, 3.05) is 20.2 Å². The first-order valence-electron chi connectivity index (χ1n) is 4.58. The molecule has 1 amide bonds. The van der Waals surface area contributed by atoms with E-state index in [0.717, 1.165) is 0 Å². The van der Waals surface area contributed by atoms with Crippen molar-refractivity contribution >= 4 is 11.9 Å². The van der Waals surface area contributed by atoms with Gasteiger partial charge in [0, 0.05) is 6.54 Å². The van der Waals surface area contributed by atoms with E-state index >= 15 is 0 Å². The van der Waals surface area contributed by atoms with Crippen LogP contribution in [0.15, 0.2) is 22.8 Å². The lowest BCUT2D eigenvalue weighted by atomic mass is 10.3. The number of amides is 1. The van der Waals surface area contributed by atoms with Crippen molar-refractivity contribution in [2.45, 2.75) is 6.92 Å². The third kappa shape index (κ3) is 2.83. The second-order valence-electron chi connectivity index (χ2n) is 2.87. The number of likely N-dealkylation sites (N-methyl/N-ethyl adjacent to an activating group) is 1. The number of carbonyl (C=O) groups is 2. The monoisotopic (exact) mass is 211 g/mol. The summed E-state index contributed by atoms with van der Waals surface area (Å²) in [5, 5.41) is 0. The number of nitrogens with zero attached hydrogens (tertiary/aromatic N) is 1. The van der Waals surface area contributed by atoms with E-state index in [1.807, 2.05) is 0 Å².